The van der Waals surface area contributed by atoms with Crippen molar-refractivity contribution in [1.82, 2.24) is 4.31 Å². The number of carbonyl (C=O) groups is 1. The smallest absolute Gasteiger partial charge is 0.325 e. The lowest BCUT2D eigenvalue weighted by Crippen LogP contribution is -2.52. The number of nitrogens with zero attached hydrogens (tertiary/aromatic N) is 1. The fraction of sp³-hybridized carbons (Fsp3) is 0.462. The first-order valence-electron chi connectivity index (χ1n) is 6.37. The molecule has 110 valence electrons. The van der Waals surface area contributed by atoms with Crippen LogP contribution in [-0.2, 0) is 14.8 Å². The maximum Gasteiger partial charge on any atom is 0.325 e. The number of carboxylic acids is 1. The van der Waals surface area contributed by atoms with Gasteiger partial charge >= 0.3 is 5.97 Å². The molecular weight excluding hydrogens is 285 g/mol. The lowest BCUT2D eigenvalue weighted by molar-refractivity contribution is -0.147. The molecule has 1 aliphatic heterocycles. The molecule has 1 aromatic carbocycles. The third kappa shape index (κ3) is 2.10. The van der Waals surface area contributed by atoms with Crippen LogP contribution in [0.15, 0.2) is 29.2 Å². The van der Waals surface area contributed by atoms with Gasteiger partial charge in [-0.05, 0) is 31.4 Å². The minimum absolute atomic E-state index is 0.0941. The number of hydrogen-bond donors (Lipinski definition) is 1. The summed E-state index contributed by atoms with van der Waals surface area (Å²) in [6.45, 7) is 1.72. The Bertz CT molecular complexity index is 631. The van der Waals surface area contributed by atoms with E-state index >= 15 is 0 Å². The number of carboxylic acid groups (broad SMARTS) is 1. The van der Waals surface area contributed by atoms with E-state index in [1.54, 1.807) is 6.92 Å². The summed E-state index contributed by atoms with van der Waals surface area (Å²) < 4.78 is 39.8. The summed E-state index contributed by atoms with van der Waals surface area (Å²) in [5.74, 6) is -2.05. The maximum atomic E-state index is 13.7. The minimum atomic E-state index is -4.16. The van der Waals surface area contributed by atoms with Crippen LogP contribution in [0.3, 0.4) is 0 Å². The van der Waals surface area contributed by atoms with Crippen molar-refractivity contribution in [3.63, 3.8) is 0 Å². The first-order chi connectivity index (χ1) is 9.36. The summed E-state index contributed by atoms with van der Waals surface area (Å²) in [4.78, 5) is 11.1. The van der Waals surface area contributed by atoms with Crippen LogP contribution in [0.1, 0.15) is 26.2 Å². The second kappa shape index (κ2) is 5.14. The van der Waals surface area contributed by atoms with Gasteiger partial charge in [0.15, 0.2) is 0 Å². The van der Waals surface area contributed by atoms with Gasteiger partial charge in [-0.25, -0.2) is 12.8 Å². The molecule has 7 heteroatoms. The first kappa shape index (κ1) is 14.9. The molecule has 1 N–H and O–H groups in total. The van der Waals surface area contributed by atoms with Crippen LogP contribution in [0, 0.1) is 5.82 Å². The van der Waals surface area contributed by atoms with E-state index in [0.717, 1.165) is 16.4 Å². The van der Waals surface area contributed by atoms with Crippen molar-refractivity contribution in [3.8, 4) is 0 Å². The molecule has 2 rings (SSSR count). The Labute approximate surface area is 117 Å². The number of sulfonamides is 1. The third-order valence-electron chi connectivity index (χ3n) is 3.82. The first-order valence-corrected chi connectivity index (χ1v) is 7.81. The Balaban J connectivity index is 2.55. The molecule has 1 aromatic rings. The number of aliphatic carboxylic acids is 1. The van der Waals surface area contributed by atoms with E-state index in [9.17, 15) is 22.7 Å². The van der Waals surface area contributed by atoms with Gasteiger partial charge in [0.1, 0.15) is 16.3 Å². The lowest BCUT2D eigenvalue weighted by atomic mass is 9.95. The summed E-state index contributed by atoms with van der Waals surface area (Å²) in [7, 11) is -4.16. The average molecular weight is 301 g/mol. The molecule has 5 nitrogen and oxygen atoms in total. The Hall–Kier alpha value is -1.47. The van der Waals surface area contributed by atoms with Gasteiger partial charge in [-0.1, -0.05) is 19.1 Å². The van der Waals surface area contributed by atoms with Crippen LogP contribution >= 0.6 is 0 Å². The van der Waals surface area contributed by atoms with Crippen molar-refractivity contribution in [2.75, 3.05) is 6.54 Å². The minimum Gasteiger partial charge on any atom is -0.480 e. The van der Waals surface area contributed by atoms with E-state index in [4.69, 9.17) is 0 Å². The number of rotatable bonds is 4. The molecule has 0 aromatic heterocycles. The lowest BCUT2D eigenvalue weighted by Gasteiger charge is -2.32. The van der Waals surface area contributed by atoms with Gasteiger partial charge in [-0.15, -0.1) is 0 Å². The largest absolute Gasteiger partial charge is 0.480 e. The van der Waals surface area contributed by atoms with Crippen LogP contribution in [0.5, 0.6) is 0 Å². The zero-order valence-corrected chi connectivity index (χ0v) is 11.9. The maximum absolute atomic E-state index is 13.7. The monoisotopic (exact) mass is 301 g/mol. The Kier molecular flexibility index (Phi) is 3.84. The van der Waals surface area contributed by atoms with Gasteiger partial charge in [-0.2, -0.15) is 4.31 Å². The van der Waals surface area contributed by atoms with E-state index in [1.807, 2.05) is 0 Å². The quantitative estimate of drug-likeness (QED) is 0.921. The average Bonchev–Trinajstić information content (AvgIpc) is 2.84. The van der Waals surface area contributed by atoms with Gasteiger partial charge in [0, 0.05) is 6.54 Å². The van der Waals surface area contributed by atoms with Gasteiger partial charge < -0.3 is 5.11 Å². The molecule has 1 saturated heterocycles. The summed E-state index contributed by atoms with van der Waals surface area (Å²) in [6.07, 6.45) is 0.844. The van der Waals surface area contributed by atoms with Crippen molar-refractivity contribution >= 4 is 16.0 Å². The highest BCUT2D eigenvalue weighted by atomic mass is 32.2. The molecule has 1 aliphatic rings. The zero-order valence-electron chi connectivity index (χ0n) is 11.0. The second-order valence-electron chi connectivity index (χ2n) is 4.80. The van der Waals surface area contributed by atoms with Crippen molar-refractivity contribution in [1.29, 1.82) is 0 Å². The van der Waals surface area contributed by atoms with Crippen molar-refractivity contribution < 1.29 is 22.7 Å². The predicted molar refractivity (Wildman–Crippen MR) is 70.2 cm³/mol. The van der Waals surface area contributed by atoms with E-state index in [2.05, 4.69) is 0 Å². The summed E-state index contributed by atoms with van der Waals surface area (Å²) in [5.41, 5.74) is -1.47. The van der Waals surface area contributed by atoms with E-state index in [-0.39, 0.29) is 19.4 Å². The molecule has 1 fully saturated rings. The fourth-order valence-corrected chi connectivity index (χ4v) is 4.63. The van der Waals surface area contributed by atoms with Crippen LogP contribution in [0.2, 0.25) is 0 Å². The van der Waals surface area contributed by atoms with Crippen molar-refractivity contribution in [2.24, 2.45) is 0 Å². The molecule has 0 amide bonds. The molecule has 0 radical (unpaired) electrons. The van der Waals surface area contributed by atoms with E-state index in [1.165, 1.54) is 12.1 Å². The van der Waals surface area contributed by atoms with Crippen molar-refractivity contribution in [3.05, 3.63) is 30.1 Å². The zero-order chi connectivity index (χ0) is 15.0. The summed E-state index contributed by atoms with van der Waals surface area (Å²) in [5, 5.41) is 9.41. The van der Waals surface area contributed by atoms with Crippen LogP contribution in [0.4, 0.5) is 4.39 Å². The van der Waals surface area contributed by atoms with Gasteiger partial charge in [0.25, 0.3) is 0 Å². The molecule has 0 aliphatic carbocycles. The Morgan fingerprint density at radius 1 is 1.45 bits per heavy atom. The number of benzene rings is 1. The fourth-order valence-electron chi connectivity index (χ4n) is 2.69. The second-order valence-corrected chi connectivity index (χ2v) is 6.63. The molecule has 0 saturated carbocycles. The highest BCUT2D eigenvalue weighted by Crippen LogP contribution is 2.37. The summed E-state index contributed by atoms with van der Waals surface area (Å²) in [6, 6.07) is 5.02. The Morgan fingerprint density at radius 2 is 2.10 bits per heavy atom. The van der Waals surface area contributed by atoms with Gasteiger partial charge in [0.05, 0.1) is 0 Å². The highest BCUT2D eigenvalue weighted by molar-refractivity contribution is 7.89. The molecule has 0 spiro atoms. The number of hydrogen-bond acceptors (Lipinski definition) is 3. The molecular formula is C13H16FNO4S. The van der Waals surface area contributed by atoms with Crippen LogP contribution in [0.25, 0.3) is 0 Å². The topological polar surface area (TPSA) is 74.7 Å². The van der Waals surface area contributed by atoms with E-state index < -0.39 is 32.2 Å². The van der Waals surface area contributed by atoms with E-state index in [0.29, 0.717) is 6.42 Å². The third-order valence-corrected chi connectivity index (χ3v) is 5.82. The normalized spacial score (nSPS) is 23.9. The molecule has 1 heterocycles. The predicted octanol–water partition coefficient (Wildman–Crippen LogP) is 1.84. The standard InChI is InChI=1S/C13H16FNO4S/c1-2-13(12(16)17)8-5-9-15(13)20(18,19)11-7-4-3-6-10(11)14/h3-4,6-7H,2,5,8-9H2,1H3,(H,16,17). The van der Waals surface area contributed by atoms with Crippen LogP contribution < -0.4 is 0 Å². The number of halogens is 1. The molecule has 1 unspecified atom stereocenters. The van der Waals surface area contributed by atoms with Gasteiger partial charge in [0.2, 0.25) is 10.0 Å². The highest BCUT2D eigenvalue weighted by Gasteiger charge is 2.52. The van der Waals surface area contributed by atoms with Crippen molar-refractivity contribution in [2.45, 2.75) is 36.6 Å². The molecule has 0 bridgehead atoms. The summed E-state index contributed by atoms with van der Waals surface area (Å²) >= 11 is 0. The molecule has 20 heavy (non-hydrogen) atoms. The molecule has 1 atom stereocenters. The SMILES string of the molecule is CCC1(C(=O)O)CCCN1S(=O)(=O)c1ccccc1F. The van der Waals surface area contributed by atoms with Gasteiger partial charge in [-0.3, -0.25) is 4.79 Å². The van der Waals surface area contributed by atoms with Crippen LogP contribution in [-0.4, -0.2) is 35.9 Å². The Morgan fingerprint density at radius 3 is 2.65 bits per heavy atom.